The van der Waals surface area contributed by atoms with Crippen molar-refractivity contribution in [2.24, 2.45) is 0 Å². The lowest BCUT2D eigenvalue weighted by Crippen LogP contribution is -2.07. The first-order valence-electron chi connectivity index (χ1n) is 6.94. The van der Waals surface area contributed by atoms with E-state index in [2.05, 4.69) is 27.6 Å². The number of fused-ring (bicyclic) bond motifs is 1. The molecule has 0 atom stereocenters. The summed E-state index contributed by atoms with van der Waals surface area (Å²) in [6.07, 6.45) is 0.968. The van der Waals surface area contributed by atoms with Crippen molar-refractivity contribution in [3.8, 4) is 0 Å². The van der Waals surface area contributed by atoms with Gasteiger partial charge >= 0.3 is 0 Å². The van der Waals surface area contributed by atoms with E-state index in [1.807, 2.05) is 29.8 Å². The Bertz CT molecular complexity index is 843. The van der Waals surface area contributed by atoms with E-state index in [0.717, 1.165) is 46.0 Å². The van der Waals surface area contributed by atoms with Crippen LogP contribution >= 0.6 is 23.8 Å². The van der Waals surface area contributed by atoms with E-state index in [0.29, 0.717) is 0 Å². The molecule has 0 aliphatic rings. The highest BCUT2D eigenvalue weighted by Crippen LogP contribution is 2.19. The predicted molar refractivity (Wildman–Crippen MR) is 88.5 cm³/mol. The van der Waals surface area contributed by atoms with Gasteiger partial charge < -0.3 is 9.55 Å². The lowest BCUT2D eigenvalue weighted by molar-refractivity contribution is 0.519. The molecule has 0 radical (unpaired) electrons. The van der Waals surface area contributed by atoms with Gasteiger partial charge in [-0.2, -0.15) is 5.10 Å². The van der Waals surface area contributed by atoms with Gasteiger partial charge in [0, 0.05) is 23.8 Å². The summed E-state index contributed by atoms with van der Waals surface area (Å²) < 4.78 is 4.88. The van der Waals surface area contributed by atoms with Crippen molar-refractivity contribution in [2.45, 2.75) is 33.4 Å². The van der Waals surface area contributed by atoms with Crippen molar-refractivity contribution in [3.05, 3.63) is 45.4 Å². The van der Waals surface area contributed by atoms with Crippen LogP contribution in [-0.4, -0.2) is 19.3 Å². The minimum Gasteiger partial charge on any atom is -0.331 e. The summed E-state index contributed by atoms with van der Waals surface area (Å²) in [6.45, 7) is 5.82. The van der Waals surface area contributed by atoms with Crippen molar-refractivity contribution < 1.29 is 0 Å². The Morgan fingerprint density at radius 2 is 2.05 bits per heavy atom. The van der Waals surface area contributed by atoms with Gasteiger partial charge in [0.1, 0.15) is 0 Å². The van der Waals surface area contributed by atoms with Crippen LogP contribution in [0, 0.1) is 18.6 Å². The standard InChI is InChI=1S/C15H17ClN4S/c1-10-8-11(2)20(18-10)7-3-6-19-14-9-12(16)4-5-13(14)17-15(19)21/h4-5,8-9H,3,6-7H2,1-2H3,(H,17,21). The van der Waals surface area contributed by atoms with Crippen LogP contribution in [-0.2, 0) is 13.1 Å². The summed E-state index contributed by atoms with van der Waals surface area (Å²) >= 11 is 11.5. The van der Waals surface area contributed by atoms with Gasteiger partial charge in [-0.15, -0.1) is 0 Å². The molecule has 1 aromatic carbocycles. The van der Waals surface area contributed by atoms with Crippen LogP contribution in [0.25, 0.3) is 11.0 Å². The summed E-state index contributed by atoms with van der Waals surface area (Å²) in [7, 11) is 0. The van der Waals surface area contributed by atoms with E-state index < -0.39 is 0 Å². The molecule has 4 nitrogen and oxygen atoms in total. The minimum absolute atomic E-state index is 0.726. The average Bonchev–Trinajstić information content (AvgIpc) is 2.90. The number of hydrogen-bond acceptors (Lipinski definition) is 2. The second kappa shape index (κ2) is 5.66. The van der Waals surface area contributed by atoms with E-state index in [4.69, 9.17) is 23.8 Å². The Balaban J connectivity index is 1.79. The molecule has 0 aliphatic carbocycles. The minimum atomic E-state index is 0.726. The number of imidazole rings is 1. The van der Waals surface area contributed by atoms with E-state index in [9.17, 15) is 0 Å². The van der Waals surface area contributed by atoms with Crippen molar-refractivity contribution in [3.63, 3.8) is 0 Å². The largest absolute Gasteiger partial charge is 0.331 e. The Hall–Kier alpha value is -1.59. The van der Waals surface area contributed by atoms with Crippen LogP contribution in [0.2, 0.25) is 5.02 Å². The van der Waals surface area contributed by atoms with Gasteiger partial charge in [-0.3, -0.25) is 4.68 Å². The molecule has 0 amide bonds. The van der Waals surface area contributed by atoms with Gasteiger partial charge in [0.25, 0.3) is 0 Å². The topological polar surface area (TPSA) is 38.5 Å². The third-order valence-electron chi connectivity index (χ3n) is 3.59. The van der Waals surface area contributed by atoms with Gasteiger partial charge in [-0.05, 0) is 56.8 Å². The summed E-state index contributed by atoms with van der Waals surface area (Å²) in [6, 6.07) is 7.88. The fourth-order valence-corrected chi connectivity index (χ4v) is 3.09. The van der Waals surface area contributed by atoms with Crippen LogP contribution in [0.3, 0.4) is 0 Å². The maximum Gasteiger partial charge on any atom is 0.178 e. The number of benzene rings is 1. The Morgan fingerprint density at radius 3 is 2.76 bits per heavy atom. The maximum absolute atomic E-state index is 6.08. The number of rotatable bonds is 4. The predicted octanol–water partition coefficient (Wildman–Crippen LogP) is 4.26. The lowest BCUT2D eigenvalue weighted by atomic mass is 10.3. The molecule has 3 rings (SSSR count). The van der Waals surface area contributed by atoms with Gasteiger partial charge in [0.05, 0.1) is 16.7 Å². The number of H-pyrrole nitrogens is 1. The number of aromatic nitrogens is 4. The van der Waals surface area contributed by atoms with Crippen molar-refractivity contribution >= 4 is 34.9 Å². The van der Waals surface area contributed by atoms with Crippen LogP contribution in [0.15, 0.2) is 24.3 Å². The smallest absolute Gasteiger partial charge is 0.178 e. The Morgan fingerprint density at radius 1 is 1.24 bits per heavy atom. The fourth-order valence-electron chi connectivity index (χ4n) is 2.63. The first-order valence-corrected chi connectivity index (χ1v) is 7.72. The van der Waals surface area contributed by atoms with Crippen molar-refractivity contribution in [2.75, 3.05) is 0 Å². The second-order valence-electron chi connectivity index (χ2n) is 5.25. The van der Waals surface area contributed by atoms with E-state index in [1.165, 1.54) is 5.69 Å². The first kappa shape index (κ1) is 14.4. The molecule has 0 aliphatic heterocycles. The highest BCUT2D eigenvalue weighted by Gasteiger charge is 2.06. The number of nitrogens with zero attached hydrogens (tertiary/aromatic N) is 3. The number of nitrogens with one attached hydrogen (secondary N) is 1. The van der Waals surface area contributed by atoms with Crippen LogP contribution in [0.4, 0.5) is 0 Å². The summed E-state index contributed by atoms with van der Waals surface area (Å²) in [4.78, 5) is 3.22. The number of aromatic amines is 1. The van der Waals surface area contributed by atoms with Gasteiger partial charge in [-0.25, -0.2) is 0 Å². The van der Waals surface area contributed by atoms with Gasteiger partial charge in [0.2, 0.25) is 0 Å². The molecule has 0 unspecified atom stereocenters. The number of hydrogen-bond donors (Lipinski definition) is 1. The number of aryl methyl sites for hydroxylation is 4. The molecular weight excluding hydrogens is 304 g/mol. The molecule has 3 aromatic rings. The number of halogens is 1. The second-order valence-corrected chi connectivity index (χ2v) is 6.07. The van der Waals surface area contributed by atoms with Crippen LogP contribution in [0.1, 0.15) is 17.8 Å². The monoisotopic (exact) mass is 320 g/mol. The average molecular weight is 321 g/mol. The normalized spacial score (nSPS) is 11.4. The molecule has 21 heavy (non-hydrogen) atoms. The quantitative estimate of drug-likeness (QED) is 0.730. The molecule has 0 saturated carbocycles. The van der Waals surface area contributed by atoms with Gasteiger partial charge in [-0.1, -0.05) is 11.6 Å². The molecule has 0 bridgehead atoms. The Kier molecular flexibility index (Phi) is 3.87. The molecule has 2 aromatic heterocycles. The van der Waals surface area contributed by atoms with E-state index >= 15 is 0 Å². The molecule has 1 N–H and O–H groups in total. The summed E-state index contributed by atoms with van der Waals surface area (Å²) in [5.41, 5.74) is 4.33. The highest BCUT2D eigenvalue weighted by atomic mass is 35.5. The maximum atomic E-state index is 6.08. The SMILES string of the molecule is Cc1cc(C)n(CCCn2c(=S)[nH]c3ccc(Cl)cc32)n1. The zero-order valence-corrected chi connectivity index (χ0v) is 13.6. The summed E-state index contributed by atoms with van der Waals surface area (Å²) in [5.74, 6) is 0. The third kappa shape index (κ3) is 2.89. The molecule has 2 heterocycles. The van der Waals surface area contributed by atoms with E-state index in [-0.39, 0.29) is 0 Å². The zero-order chi connectivity index (χ0) is 15.0. The van der Waals surface area contributed by atoms with Crippen LogP contribution < -0.4 is 0 Å². The first-order chi connectivity index (χ1) is 10.0. The fraction of sp³-hybridized carbons (Fsp3) is 0.333. The molecule has 110 valence electrons. The lowest BCUT2D eigenvalue weighted by Gasteiger charge is -2.07. The highest BCUT2D eigenvalue weighted by molar-refractivity contribution is 7.71. The van der Waals surface area contributed by atoms with Crippen molar-refractivity contribution in [1.29, 1.82) is 0 Å². The Labute approximate surface area is 133 Å². The van der Waals surface area contributed by atoms with Crippen LogP contribution in [0.5, 0.6) is 0 Å². The molecule has 0 spiro atoms. The zero-order valence-electron chi connectivity index (χ0n) is 12.1. The molecular formula is C15H17ClN4S. The molecule has 0 fully saturated rings. The van der Waals surface area contributed by atoms with Crippen molar-refractivity contribution in [1.82, 2.24) is 19.3 Å². The molecule has 0 saturated heterocycles. The van der Waals surface area contributed by atoms with Gasteiger partial charge in [0.15, 0.2) is 4.77 Å². The molecule has 6 heteroatoms. The third-order valence-corrected chi connectivity index (χ3v) is 4.15. The van der Waals surface area contributed by atoms with E-state index in [1.54, 1.807) is 0 Å². The summed E-state index contributed by atoms with van der Waals surface area (Å²) in [5, 5.41) is 5.21.